The lowest BCUT2D eigenvalue weighted by Gasteiger charge is -2.27. The summed E-state index contributed by atoms with van der Waals surface area (Å²) in [7, 11) is 3.60. The van der Waals surface area contributed by atoms with E-state index in [9.17, 15) is 4.79 Å². The van der Waals surface area contributed by atoms with Crippen LogP contribution in [0.15, 0.2) is 0 Å². The fourth-order valence-electron chi connectivity index (χ4n) is 1.33. The molecule has 0 saturated heterocycles. The quantitative estimate of drug-likeness (QED) is 0.661. The van der Waals surface area contributed by atoms with Crippen molar-refractivity contribution in [2.24, 2.45) is 5.73 Å². The fourth-order valence-corrected chi connectivity index (χ4v) is 2.24. The molecule has 1 aromatic rings. The van der Waals surface area contributed by atoms with Gasteiger partial charge in [0.15, 0.2) is 0 Å². The molecule has 9 heteroatoms. The first-order valence-electron chi connectivity index (χ1n) is 5.93. The molecule has 0 fully saturated rings. The SMILES string of the molecule is CN(C)c1nc(N)nc(CSC(C)(C)[C@@H](N)C(=O)O)n1. The molecule has 0 amide bonds. The molecule has 5 N–H and O–H groups in total. The highest BCUT2D eigenvalue weighted by molar-refractivity contribution is 7.99. The van der Waals surface area contributed by atoms with Crippen molar-refractivity contribution in [3.63, 3.8) is 0 Å². The second-order valence-corrected chi connectivity index (χ2v) is 6.64. The van der Waals surface area contributed by atoms with Crippen molar-refractivity contribution < 1.29 is 9.90 Å². The second-order valence-electron chi connectivity index (χ2n) is 5.01. The number of carboxylic acids is 1. The van der Waals surface area contributed by atoms with Gasteiger partial charge in [-0.3, -0.25) is 4.79 Å². The average molecular weight is 300 g/mol. The number of nitrogens with zero attached hydrogens (tertiary/aromatic N) is 4. The van der Waals surface area contributed by atoms with E-state index >= 15 is 0 Å². The minimum Gasteiger partial charge on any atom is -0.480 e. The van der Waals surface area contributed by atoms with Gasteiger partial charge in [-0.15, -0.1) is 11.8 Å². The Hall–Kier alpha value is -1.61. The molecule has 0 bridgehead atoms. The van der Waals surface area contributed by atoms with Crippen LogP contribution in [0.25, 0.3) is 0 Å². The summed E-state index contributed by atoms with van der Waals surface area (Å²) in [4.78, 5) is 25.0. The fraction of sp³-hybridized carbons (Fsp3) is 0.636. The number of hydrogen-bond acceptors (Lipinski definition) is 8. The molecular formula is C11H20N6O2S. The van der Waals surface area contributed by atoms with E-state index in [0.717, 1.165) is 0 Å². The van der Waals surface area contributed by atoms with Gasteiger partial charge in [-0.1, -0.05) is 0 Å². The third kappa shape index (κ3) is 4.20. The van der Waals surface area contributed by atoms with E-state index in [4.69, 9.17) is 16.6 Å². The molecular weight excluding hydrogens is 280 g/mol. The van der Waals surface area contributed by atoms with Gasteiger partial charge < -0.3 is 21.5 Å². The van der Waals surface area contributed by atoms with Crippen molar-refractivity contribution in [1.82, 2.24) is 15.0 Å². The monoisotopic (exact) mass is 300 g/mol. The summed E-state index contributed by atoms with van der Waals surface area (Å²) in [6.45, 7) is 3.54. The predicted octanol–water partition coefficient (Wildman–Crippen LogP) is -0.0565. The van der Waals surface area contributed by atoms with Crippen LogP contribution < -0.4 is 16.4 Å². The van der Waals surface area contributed by atoms with Crippen LogP contribution in [0.5, 0.6) is 0 Å². The minimum atomic E-state index is -1.04. The molecule has 1 aromatic heterocycles. The van der Waals surface area contributed by atoms with E-state index in [-0.39, 0.29) is 5.95 Å². The molecule has 1 atom stereocenters. The van der Waals surface area contributed by atoms with Crippen LogP contribution in [0.3, 0.4) is 0 Å². The third-order valence-corrected chi connectivity index (χ3v) is 4.08. The Bertz CT molecular complexity index is 494. The largest absolute Gasteiger partial charge is 0.480 e. The van der Waals surface area contributed by atoms with Crippen molar-refractivity contribution in [1.29, 1.82) is 0 Å². The first-order chi connectivity index (χ1) is 9.13. The maximum atomic E-state index is 10.9. The Morgan fingerprint density at radius 2 is 2.00 bits per heavy atom. The molecule has 1 rings (SSSR count). The van der Waals surface area contributed by atoms with Gasteiger partial charge in [0.05, 0.1) is 5.75 Å². The summed E-state index contributed by atoms with van der Waals surface area (Å²) in [5.41, 5.74) is 11.3. The Morgan fingerprint density at radius 3 is 2.50 bits per heavy atom. The van der Waals surface area contributed by atoms with Crippen LogP contribution in [-0.2, 0) is 10.5 Å². The van der Waals surface area contributed by atoms with Gasteiger partial charge in [-0.2, -0.15) is 15.0 Å². The van der Waals surface area contributed by atoms with Crippen molar-refractivity contribution in [2.45, 2.75) is 30.4 Å². The number of thioether (sulfide) groups is 1. The maximum absolute atomic E-state index is 10.9. The zero-order chi connectivity index (χ0) is 15.5. The van der Waals surface area contributed by atoms with E-state index in [1.165, 1.54) is 11.8 Å². The molecule has 1 heterocycles. The van der Waals surface area contributed by atoms with Crippen LogP contribution in [0.2, 0.25) is 0 Å². The average Bonchev–Trinajstić information content (AvgIpc) is 2.34. The summed E-state index contributed by atoms with van der Waals surface area (Å²) >= 11 is 1.36. The number of rotatable bonds is 6. The van der Waals surface area contributed by atoms with Crippen LogP contribution in [0.1, 0.15) is 19.7 Å². The second kappa shape index (κ2) is 6.23. The summed E-state index contributed by atoms with van der Waals surface area (Å²) in [6.07, 6.45) is 0. The maximum Gasteiger partial charge on any atom is 0.321 e. The van der Waals surface area contributed by atoms with E-state index in [0.29, 0.717) is 17.5 Å². The summed E-state index contributed by atoms with van der Waals surface area (Å²) in [5, 5.41) is 8.97. The van der Waals surface area contributed by atoms with Crippen molar-refractivity contribution in [2.75, 3.05) is 24.7 Å². The highest BCUT2D eigenvalue weighted by Crippen LogP contribution is 2.30. The molecule has 8 nitrogen and oxygen atoms in total. The lowest BCUT2D eigenvalue weighted by atomic mass is 10.1. The smallest absolute Gasteiger partial charge is 0.321 e. The first-order valence-corrected chi connectivity index (χ1v) is 6.92. The van der Waals surface area contributed by atoms with Crippen LogP contribution in [0.4, 0.5) is 11.9 Å². The number of hydrogen-bond donors (Lipinski definition) is 3. The Balaban J connectivity index is 2.82. The Labute approximate surface area is 122 Å². The molecule has 112 valence electrons. The molecule has 0 saturated carbocycles. The summed E-state index contributed by atoms with van der Waals surface area (Å²) < 4.78 is -0.647. The molecule has 0 unspecified atom stereocenters. The molecule has 20 heavy (non-hydrogen) atoms. The molecule has 0 spiro atoms. The van der Waals surface area contributed by atoms with Crippen molar-refractivity contribution in [3.05, 3.63) is 5.82 Å². The van der Waals surface area contributed by atoms with E-state index in [1.807, 2.05) is 0 Å². The van der Waals surface area contributed by atoms with E-state index in [2.05, 4.69) is 15.0 Å². The number of anilines is 2. The van der Waals surface area contributed by atoms with Crippen molar-refractivity contribution in [3.8, 4) is 0 Å². The third-order valence-electron chi connectivity index (χ3n) is 2.68. The van der Waals surface area contributed by atoms with Gasteiger partial charge in [0.25, 0.3) is 0 Å². The summed E-state index contributed by atoms with van der Waals surface area (Å²) in [6, 6.07) is -0.972. The topological polar surface area (TPSA) is 131 Å². The molecule has 0 aliphatic rings. The zero-order valence-electron chi connectivity index (χ0n) is 12.0. The van der Waals surface area contributed by atoms with E-state index < -0.39 is 16.8 Å². The predicted molar refractivity (Wildman–Crippen MR) is 79.6 cm³/mol. The minimum absolute atomic E-state index is 0.139. The molecule has 0 aromatic carbocycles. The molecule has 0 aliphatic carbocycles. The van der Waals surface area contributed by atoms with E-state index in [1.54, 1.807) is 32.8 Å². The van der Waals surface area contributed by atoms with Crippen LogP contribution >= 0.6 is 11.8 Å². The number of aromatic nitrogens is 3. The van der Waals surface area contributed by atoms with Gasteiger partial charge in [0, 0.05) is 18.8 Å². The number of carboxylic acid groups (broad SMARTS) is 1. The van der Waals surface area contributed by atoms with Crippen LogP contribution in [-0.4, -0.2) is 50.9 Å². The number of nitrogens with two attached hydrogens (primary N) is 2. The first kappa shape index (κ1) is 16.4. The Morgan fingerprint density at radius 1 is 1.40 bits per heavy atom. The molecule has 0 radical (unpaired) electrons. The number of carbonyl (C=O) groups is 1. The highest BCUT2D eigenvalue weighted by atomic mass is 32.2. The summed E-state index contributed by atoms with van der Waals surface area (Å²) in [5.74, 6) is 0.471. The van der Waals surface area contributed by atoms with Gasteiger partial charge in [0.2, 0.25) is 11.9 Å². The Kier molecular flexibility index (Phi) is 5.12. The highest BCUT2D eigenvalue weighted by Gasteiger charge is 2.32. The number of nitrogen functional groups attached to an aromatic ring is 1. The zero-order valence-corrected chi connectivity index (χ0v) is 12.8. The normalized spacial score (nSPS) is 13.1. The van der Waals surface area contributed by atoms with Crippen molar-refractivity contribution >= 4 is 29.6 Å². The standard InChI is InChI=1S/C11H20N6O2S/c1-11(2,7(12)8(18)19)20-5-6-14-9(13)16-10(15-6)17(3)4/h7H,5,12H2,1-4H3,(H,18,19)(H2,13,14,15,16)/t7-/m0/s1. The van der Waals surface area contributed by atoms with Gasteiger partial charge in [-0.05, 0) is 13.8 Å². The lowest BCUT2D eigenvalue weighted by Crippen LogP contribution is -2.46. The van der Waals surface area contributed by atoms with Gasteiger partial charge in [0.1, 0.15) is 11.9 Å². The van der Waals surface area contributed by atoms with Crippen LogP contribution in [0, 0.1) is 0 Å². The number of aliphatic carboxylic acids is 1. The van der Waals surface area contributed by atoms with Gasteiger partial charge >= 0.3 is 5.97 Å². The van der Waals surface area contributed by atoms with Gasteiger partial charge in [-0.25, -0.2) is 0 Å². The lowest BCUT2D eigenvalue weighted by molar-refractivity contribution is -0.139. The molecule has 0 aliphatic heterocycles.